The molecule has 0 aliphatic heterocycles. The van der Waals surface area contributed by atoms with E-state index in [4.69, 9.17) is 5.14 Å². The summed E-state index contributed by atoms with van der Waals surface area (Å²) < 4.78 is 23.9. The third-order valence-corrected chi connectivity index (χ3v) is 4.98. The number of aromatic nitrogens is 2. The van der Waals surface area contributed by atoms with Crippen LogP contribution in [0.25, 0.3) is 21.8 Å². The van der Waals surface area contributed by atoms with E-state index in [1.54, 1.807) is 0 Å². The second kappa shape index (κ2) is 5.22. The van der Waals surface area contributed by atoms with E-state index in [0.717, 1.165) is 12.1 Å². The van der Waals surface area contributed by atoms with Gasteiger partial charge in [-0.2, -0.15) is 0 Å². The fraction of sp³-hybridized carbons (Fsp3) is 0. The van der Waals surface area contributed by atoms with E-state index in [1.165, 1.54) is 6.07 Å². The number of primary sulfonamides is 1. The van der Waals surface area contributed by atoms with Gasteiger partial charge in [-0.15, -0.1) is 0 Å². The molecule has 1 heterocycles. The van der Waals surface area contributed by atoms with Gasteiger partial charge in [0.2, 0.25) is 10.0 Å². The monoisotopic (exact) mass is 414 g/mol. The number of fused-ring (bicyclic) bond motifs is 3. The van der Waals surface area contributed by atoms with Crippen LogP contribution < -0.4 is 16.3 Å². The lowest BCUT2D eigenvalue weighted by atomic mass is 10.1. The molecule has 4 N–H and O–H groups in total. The van der Waals surface area contributed by atoms with Crippen LogP contribution >= 0.6 is 15.9 Å². The highest BCUT2D eigenvalue weighted by Gasteiger charge is 2.25. The van der Waals surface area contributed by atoms with E-state index in [9.17, 15) is 28.1 Å². The Morgan fingerprint density at radius 2 is 1.75 bits per heavy atom. The summed E-state index contributed by atoms with van der Waals surface area (Å²) in [6, 6.07) is 3.41. The molecular weight excluding hydrogens is 408 g/mol. The highest BCUT2D eigenvalue weighted by atomic mass is 79.9. The third-order valence-electron chi connectivity index (χ3n) is 3.37. The summed E-state index contributed by atoms with van der Waals surface area (Å²) in [6.07, 6.45) is 0. The predicted molar refractivity (Wildman–Crippen MR) is 88.4 cm³/mol. The summed E-state index contributed by atoms with van der Waals surface area (Å²) in [5, 5.41) is 16.3. The van der Waals surface area contributed by atoms with Gasteiger partial charge in [-0.1, -0.05) is 15.9 Å². The van der Waals surface area contributed by atoms with E-state index in [1.807, 2.05) is 0 Å². The van der Waals surface area contributed by atoms with Gasteiger partial charge in [-0.05, 0) is 12.1 Å². The molecule has 3 rings (SSSR count). The maximum atomic E-state index is 11.8. The molecule has 24 heavy (non-hydrogen) atoms. The molecule has 124 valence electrons. The summed E-state index contributed by atoms with van der Waals surface area (Å²) >= 11 is 3.17. The minimum absolute atomic E-state index is 0.0222. The van der Waals surface area contributed by atoms with Gasteiger partial charge in [0, 0.05) is 15.9 Å². The highest BCUT2D eigenvalue weighted by Crippen LogP contribution is 2.39. The van der Waals surface area contributed by atoms with Crippen LogP contribution in [0.15, 0.2) is 37.2 Å². The topological polar surface area (TPSA) is 169 Å². The number of nitro groups is 1. The Labute approximate surface area is 140 Å². The van der Waals surface area contributed by atoms with Gasteiger partial charge >= 0.3 is 11.1 Å². The minimum Gasteiger partial charge on any atom is -0.316 e. The number of nitrogens with one attached hydrogen (secondary N) is 2. The number of nitrogens with two attached hydrogens (primary N) is 1. The van der Waals surface area contributed by atoms with E-state index in [-0.39, 0.29) is 26.3 Å². The van der Waals surface area contributed by atoms with Crippen LogP contribution in [0.3, 0.4) is 0 Å². The van der Waals surface area contributed by atoms with Gasteiger partial charge in [0.25, 0.3) is 5.69 Å². The first-order chi connectivity index (χ1) is 11.1. The first-order valence-corrected chi connectivity index (χ1v) is 8.54. The van der Waals surface area contributed by atoms with E-state index in [0.29, 0.717) is 0 Å². The van der Waals surface area contributed by atoms with Crippen molar-refractivity contribution in [2.24, 2.45) is 5.14 Å². The zero-order chi connectivity index (χ0) is 17.8. The average molecular weight is 415 g/mol. The number of sulfonamides is 1. The number of aromatic amines is 2. The Hall–Kier alpha value is -2.57. The van der Waals surface area contributed by atoms with Gasteiger partial charge < -0.3 is 9.97 Å². The molecule has 0 saturated carbocycles. The number of rotatable bonds is 2. The number of benzene rings is 2. The standard InChI is InChI=1S/C12H7BrN4O6S/c13-4-1-2-7(24(14,22)23)9-6(17(20)21)3-5-10(8(4)9)16-12(19)11(18)15-5/h1-3H,(H,15,18)(H,16,19)(H2,14,22,23). The van der Waals surface area contributed by atoms with Crippen molar-refractivity contribution in [2.45, 2.75) is 4.90 Å². The molecule has 0 fully saturated rings. The lowest BCUT2D eigenvalue weighted by Gasteiger charge is -2.10. The number of hydrogen-bond donors (Lipinski definition) is 3. The number of nitrogens with zero attached hydrogens (tertiary/aromatic N) is 1. The molecule has 3 aromatic rings. The molecular formula is C12H7BrN4O6S. The van der Waals surface area contributed by atoms with Crippen LogP contribution in [0.1, 0.15) is 0 Å². The summed E-state index contributed by atoms with van der Waals surface area (Å²) in [6.45, 7) is 0. The summed E-state index contributed by atoms with van der Waals surface area (Å²) in [4.78, 5) is 37.7. The Morgan fingerprint density at radius 3 is 2.33 bits per heavy atom. The summed E-state index contributed by atoms with van der Waals surface area (Å²) in [7, 11) is -4.28. The third kappa shape index (κ3) is 2.40. The predicted octanol–water partition coefficient (Wildman–Crippen LogP) is 0.688. The minimum atomic E-state index is -4.28. The van der Waals surface area contributed by atoms with Gasteiger partial charge in [-0.3, -0.25) is 19.7 Å². The second-order valence-electron chi connectivity index (χ2n) is 4.82. The number of H-pyrrole nitrogens is 2. The number of halogens is 1. The molecule has 0 unspecified atom stereocenters. The zero-order valence-electron chi connectivity index (χ0n) is 11.5. The molecule has 0 spiro atoms. The Morgan fingerprint density at radius 1 is 1.12 bits per heavy atom. The van der Waals surface area contributed by atoms with Crippen LogP contribution in [-0.2, 0) is 10.0 Å². The molecule has 1 aromatic heterocycles. The number of non-ortho nitro benzene ring substituents is 1. The largest absolute Gasteiger partial charge is 0.316 e. The van der Waals surface area contributed by atoms with E-state index < -0.39 is 36.6 Å². The fourth-order valence-corrected chi connectivity index (χ4v) is 3.71. The maximum absolute atomic E-state index is 11.8. The van der Waals surface area contributed by atoms with Crippen molar-refractivity contribution >= 4 is 53.4 Å². The number of hydrogen-bond acceptors (Lipinski definition) is 6. The van der Waals surface area contributed by atoms with Crippen molar-refractivity contribution in [1.29, 1.82) is 0 Å². The molecule has 0 radical (unpaired) electrons. The quantitative estimate of drug-likeness (QED) is 0.241. The highest BCUT2D eigenvalue weighted by molar-refractivity contribution is 9.10. The van der Waals surface area contributed by atoms with Crippen molar-refractivity contribution in [3.63, 3.8) is 0 Å². The second-order valence-corrected chi connectivity index (χ2v) is 7.21. The number of nitro benzene ring substituents is 1. The van der Waals surface area contributed by atoms with E-state index >= 15 is 0 Å². The van der Waals surface area contributed by atoms with Gasteiger partial charge in [0.15, 0.2) is 0 Å². The summed E-state index contributed by atoms with van der Waals surface area (Å²) in [5.74, 6) is 0. The maximum Gasteiger partial charge on any atom is 0.314 e. The molecule has 12 heteroatoms. The molecule has 0 aliphatic rings. The SMILES string of the molecule is NS(=O)(=O)c1ccc(Br)c2c1c([N+](=O)[O-])cc1[nH]c(=O)c(=O)[nH]c12. The fourth-order valence-electron chi connectivity index (χ4n) is 2.43. The summed E-state index contributed by atoms with van der Waals surface area (Å²) in [5.41, 5.74) is -2.53. The first kappa shape index (κ1) is 16.3. The molecule has 10 nitrogen and oxygen atoms in total. The average Bonchev–Trinajstić information content (AvgIpc) is 2.46. The van der Waals surface area contributed by atoms with Crippen LogP contribution in [-0.4, -0.2) is 23.3 Å². The van der Waals surface area contributed by atoms with Gasteiger partial charge in [0.05, 0.1) is 26.2 Å². The van der Waals surface area contributed by atoms with Crippen molar-refractivity contribution < 1.29 is 13.3 Å². The van der Waals surface area contributed by atoms with Crippen LogP contribution in [0.2, 0.25) is 0 Å². The van der Waals surface area contributed by atoms with Crippen molar-refractivity contribution in [2.75, 3.05) is 0 Å². The normalized spacial score (nSPS) is 11.9. The Kier molecular flexibility index (Phi) is 3.55. The van der Waals surface area contributed by atoms with Gasteiger partial charge in [0.1, 0.15) is 0 Å². The lowest BCUT2D eigenvalue weighted by Crippen LogP contribution is -2.29. The van der Waals surface area contributed by atoms with Crippen molar-refractivity contribution in [3.8, 4) is 0 Å². The lowest BCUT2D eigenvalue weighted by molar-refractivity contribution is -0.383. The molecule has 0 bridgehead atoms. The molecule has 0 atom stereocenters. The van der Waals surface area contributed by atoms with Crippen molar-refractivity contribution in [3.05, 3.63) is 53.5 Å². The Balaban J connectivity index is 2.78. The zero-order valence-corrected chi connectivity index (χ0v) is 13.9. The van der Waals surface area contributed by atoms with Crippen molar-refractivity contribution in [1.82, 2.24) is 9.97 Å². The van der Waals surface area contributed by atoms with Crippen LogP contribution in [0, 0.1) is 10.1 Å². The first-order valence-electron chi connectivity index (χ1n) is 6.20. The Bertz CT molecular complexity index is 1260. The molecule has 2 aromatic carbocycles. The van der Waals surface area contributed by atoms with E-state index in [2.05, 4.69) is 25.9 Å². The molecule has 0 amide bonds. The molecule has 0 saturated heterocycles. The smallest absolute Gasteiger partial charge is 0.314 e. The van der Waals surface area contributed by atoms with Crippen LogP contribution in [0.5, 0.6) is 0 Å². The van der Waals surface area contributed by atoms with Gasteiger partial charge in [-0.25, -0.2) is 13.6 Å². The molecule has 0 aliphatic carbocycles. The van der Waals surface area contributed by atoms with Crippen LogP contribution in [0.4, 0.5) is 5.69 Å².